The van der Waals surface area contributed by atoms with Crippen molar-refractivity contribution >= 4 is 26.8 Å². The van der Waals surface area contributed by atoms with Crippen LogP contribution in [0, 0.1) is 5.82 Å². The van der Waals surface area contributed by atoms with Gasteiger partial charge in [-0.2, -0.15) is 5.10 Å². The molecule has 0 aliphatic carbocycles. The number of hydrogen-bond donors (Lipinski definition) is 2. The second-order valence-electron chi connectivity index (χ2n) is 6.97. The number of rotatable bonds is 8. The third kappa shape index (κ3) is 4.54. The predicted octanol–water partition coefficient (Wildman–Crippen LogP) is 4.67. The van der Waals surface area contributed by atoms with Crippen molar-refractivity contribution in [2.24, 2.45) is 0 Å². The van der Waals surface area contributed by atoms with E-state index in [9.17, 15) is 4.39 Å². The Hall–Kier alpha value is -1.96. The number of aromatic amines is 1. The smallest absolute Gasteiger partial charge is 0.136 e. The van der Waals surface area contributed by atoms with Crippen molar-refractivity contribution in [3.8, 4) is 17.0 Å². The van der Waals surface area contributed by atoms with Crippen LogP contribution in [-0.2, 0) is 4.74 Å². The minimum atomic E-state index is -0.350. The molecule has 4 rings (SSSR count). The molecular weight excluding hydrogens is 425 g/mol. The van der Waals surface area contributed by atoms with Gasteiger partial charge in [0.2, 0.25) is 0 Å². The van der Waals surface area contributed by atoms with Gasteiger partial charge in [0.1, 0.15) is 17.3 Å². The van der Waals surface area contributed by atoms with Crippen LogP contribution < -0.4 is 10.1 Å². The lowest BCUT2D eigenvalue weighted by Crippen LogP contribution is -2.27. The van der Waals surface area contributed by atoms with Gasteiger partial charge < -0.3 is 14.8 Å². The monoisotopic (exact) mass is 447 g/mol. The summed E-state index contributed by atoms with van der Waals surface area (Å²) >= 11 is 3.43. The molecule has 148 valence electrons. The highest BCUT2D eigenvalue weighted by Crippen LogP contribution is 2.31. The van der Waals surface area contributed by atoms with Crippen LogP contribution in [0.15, 0.2) is 40.9 Å². The van der Waals surface area contributed by atoms with Crippen LogP contribution in [0.1, 0.15) is 19.3 Å². The molecule has 28 heavy (non-hydrogen) atoms. The molecule has 0 unspecified atom stereocenters. The first kappa shape index (κ1) is 19.4. The molecule has 1 atom stereocenters. The van der Waals surface area contributed by atoms with E-state index < -0.39 is 0 Å². The Labute approximate surface area is 171 Å². The molecule has 0 saturated carbocycles. The zero-order chi connectivity index (χ0) is 19.3. The van der Waals surface area contributed by atoms with Gasteiger partial charge in [-0.05, 0) is 49.7 Å². The topological polar surface area (TPSA) is 59.2 Å². The van der Waals surface area contributed by atoms with Gasteiger partial charge in [-0.3, -0.25) is 5.10 Å². The Kier molecular flexibility index (Phi) is 6.24. The summed E-state index contributed by atoms with van der Waals surface area (Å²) in [6.07, 6.45) is 3.18. The molecule has 0 amide bonds. The van der Waals surface area contributed by atoms with E-state index in [1.165, 1.54) is 18.9 Å². The van der Waals surface area contributed by atoms with Crippen molar-refractivity contribution in [1.29, 1.82) is 0 Å². The Morgan fingerprint density at radius 3 is 2.93 bits per heavy atom. The molecule has 1 aromatic heterocycles. The van der Waals surface area contributed by atoms with Crippen LogP contribution in [0.5, 0.6) is 5.75 Å². The van der Waals surface area contributed by atoms with E-state index >= 15 is 0 Å². The first-order valence-corrected chi connectivity index (χ1v) is 10.4. The van der Waals surface area contributed by atoms with E-state index in [2.05, 4.69) is 31.4 Å². The third-order valence-electron chi connectivity index (χ3n) is 4.90. The lowest BCUT2D eigenvalue weighted by molar-refractivity contribution is 0.104. The molecule has 1 saturated heterocycles. The van der Waals surface area contributed by atoms with Gasteiger partial charge in [0, 0.05) is 40.6 Å². The Morgan fingerprint density at radius 2 is 2.11 bits per heavy atom. The standard InChI is InChI=1S/C21H23BrFN3O2/c22-14-4-6-18-20(11-14)25-26-21(18)17-7-5-16(12-19(17)23)28-10-2-9-27-13-15-3-1-8-24-15/h4-7,11-12,15,24H,1-3,8-10,13H2,(H,25,26)/t15-/m1/s1. The van der Waals surface area contributed by atoms with Gasteiger partial charge in [-0.25, -0.2) is 4.39 Å². The molecule has 2 N–H and O–H groups in total. The number of halogens is 2. The van der Waals surface area contributed by atoms with Gasteiger partial charge in [0.25, 0.3) is 0 Å². The summed E-state index contributed by atoms with van der Waals surface area (Å²) in [4.78, 5) is 0. The molecule has 0 bridgehead atoms. The number of nitrogens with zero attached hydrogens (tertiary/aromatic N) is 1. The van der Waals surface area contributed by atoms with Crippen LogP contribution in [0.25, 0.3) is 22.2 Å². The van der Waals surface area contributed by atoms with Crippen LogP contribution in [0.2, 0.25) is 0 Å². The minimum absolute atomic E-state index is 0.350. The number of nitrogens with one attached hydrogen (secondary N) is 2. The SMILES string of the molecule is Fc1cc(OCCCOC[C@H]2CCCN2)ccc1-c1n[nH]c2cc(Br)ccc12. The van der Waals surface area contributed by atoms with Crippen molar-refractivity contribution in [1.82, 2.24) is 15.5 Å². The maximum absolute atomic E-state index is 14.6. The fourth-order valence-corrected chi connectivity index (χ4v) is 3.81. The summed E-state index contributed by atoms with van der Waals surface area (Å²) < 4.78 is 26.9. The van der Waals surface area contributed by atoms with E-state index in [0.29, 0.717) is 36.3 Å². The molecule has 0 spiro atoms. The predicted molar refractivity (Wildman–Crippen MR) is 111 cm³/mol. The number of benzene rings is 2. The Bertz CT molecular complexity index is 941. The summed E-state index contributed by atoms with van der Waals surface area (Å²) in [5.41, 5.74) is 1.91. The van der Waals surface area contributed by atoms with Crippen molar-refractivity contribution in [3.63, 3.8) is 0 Å². The molecular formula is C21H23BrFN3O2. The molecule has 1 aliphatic rings. The molecule has 2 heterocycles. The van der Waals surface area contributed by atoms with Crippen LogP contribution >= 0.6 is 15.9 Å². The van der Waals surface area contributed by atoms with Crippen LogP contribution in [0.4, 0.5) is 4.39 Å². The second kappa shape index (κ2) is 9.03. The molecule has 3 aromatic rings. The summed E-state index contributed by atoms with van der Waals surface area (Å²) in [5.74, 6) is 0.165. The summed E-state index contributed by atoms with van der Waals surface area (Å²) in [6.45, 7) is 2.98. The first-order valence-electron chi connectivity index (χ1n) is 9.58. The molecule has 1 aliphatic heterocycles. The van der Waals surface area contributed by atoms with Gasteiger partial charge in [0.15, 0.2) is 0 Å². The number of hydrogen-bond acceptors (Lipinski definition) is 4. The highest BCUT2D eigenvalue weighted by atomic mass is 79.9. The fourth-order valence-electron chi connectivity index (χ4n) is 3.45. The van der Waals surface area contributed by atoms with Gasteiger partial charge in [0.05, 0.1) is 18.7 Å². The zero-order valence-corrected chi connectivity index (χ0v) is 17.1. The van der Waals surface area contributed by atoms with Crippen LogP contribution in [0.3, 0.4) is 0 Å². The van der Waals surface area contributed by atoms with E-state index in [0.717, 1.165) is 34.9 Å². The number of ether oxygens (including phenoxy) is 2. The molecule has 0 radical (unpaired) electrons. The van der Waals surface area contributed by atoms with E-state index in [1.54, 1.807) is 12.1 Å². The number of H-pyrrole nitrogens is 1. The normalized spacial score (nSPS) is 16.7. The van der Waals surface area contributed by atoms with Crippen molar-refractivity contribution in [3.05, 3.63) is 46.7 Å². The van der Waals surface area contributed by atoms with E-state index in [4.69, 9.17) is 9.47 Å². The second-order valence-corrected chi connectivity index (χ2v) is 7.89. The quantitative estimate of drug-likeness (QED) is 0.492. The molecule has 2 aromatic carbocycles. The first-order chi connectivity index (χ1) is 13.7. The molecule has 5 nitrogen and oxygen atoms in total. The Morgan fingerprint density at radius 1 is 1.18 bits per heavy atom. The summed E-state index contributed by atoms with van der Waals surface area (Å²) in [6, 6.07) is 11.2. The van der Waals surface area contributed by atoms with Gasteiger partial charge in [-0.15, -0.1) is 0 Å². The summed E-state index contributed by atoms with van der Waals surface area (Å²) in [7, 11) is 0. The zero-order valence-electron chi connectivity index (χ0n) is 15.5. The average molecular weight is 448 g/mol. The lowest BCUT2D eigenvalue weighted by atomic mass is 10.1. The maximum Gasteiger partial charge on any atom is 0.136 e. The summed E-state index contributed by atoms with van der Waals surface area (Å²) in [5, 5.41) is 11.5. The minimum Gasteiger partial charge on any atom is -0.493 e. The number of fused-ring (bicyclic) bond motifs is 1. The van der Waals surface area contributed by atoms with Crippen LogP contribution in [-0.4, -0.2) is 42.6 Å². The van der Waals surface area contributed by atoms with Gasteiger partial charge in [-0.1, -0.05) is 15.9 Å². The highest BCUT2D eigenvalue weighted by Gasteiger charge is 2.14. The molecule has 7 heteroatoms. The largest absolute Gasteiger partial charge is 0.493 e. The van der Waals surface area contributed by atoms with Crippen molar-refractivity contribution < 1.29 is 13.9 Å². The fraction of sp³-hybridized carbons (Fsp3) is 0.381. The van der Waals surface area contributed by atoms with E-state index in [1.807, 2.05) is 18.2 Å². The number of aromatic nitrogens is 2. The molecule has 1 fully saturated rings. The average Bonchev–Trinajstić information content (AvgIpc) is 3.34. The maximum atomic E-state index is 14.6. The van der Waals surface area contributed by atoms with Crippen molar-refractivity contribution in [2.75, 3.05) is 26.4 Å². The van der Waals surface area contributed by atoms with Crippen molar-refractivity contribution in [2.45, 2.75) is 25.3 Å². The van der Waals surface area contributed by atoms with E-state index in [-0.39, 0.29) is 5.82 Å². The third-order valence-corrected chi connectivity index (χ3v) is 5.40. The Balaban J connectivity index is 1.31. The van der Waals surface area contributed by atoms with Gasteiger partial charge >= 0.3 is 0 Å². The lowest BCUT2D eigenvalue weighted by Gasteiger charge is -2.11. The highest BCUT2D eigenvalue weighted by molar-refractivity contribution is 9.10.